The third-order valence-electron chi connectivity index (χ3n) is 2.42. The summed E-state index contributed by atoms with van der Waals surface area (Å²) in [6, 6.07) is 0.474. The van der Waals surface area contributed by atoms with Crippen molar-refractivity contribution in [3.05, 3.63) is 35.4 Å². The molecule has 0 aliphatic carbocycles. The van der Waals surface area contributed by atoms with Crippen molar-refractivity contribution in [2.75, 3.05) is 0 Å². The molecule has 1 aromatic carbocycles. The summed E-state index contributed by atoms with van der Waals surface area (Å²) in [6.07, 6.45) is -0.784. The second-order valence-corrected chi connectivity index (χ2v) is 4.06. The molecule has 0 unspecified atom stereocenters. The van der Waals surface area contributed by atoms with Crippen LogP contribution >= 0.6 is 0 Å². The number of carboxylic acids is 2. The first-order valence-corrected chi connectivity index (χ1v) is 5.72. The Morgan fingerprint density at radius 1 is 1.14 bits per heavy atom. The van der Waals surface area contributed by atoms with E-state index < -0.39 is 42.1 Å². The summed E-state index contributed by atoms with van der Waals surface area (Å²) in [5.74, 6) is -5.00. The fourth-order valence-electron chi connectivity index (χ4n) is 1.42. The lowest BCUT2D eigenvalue weighted by Crippen LogP contribution is -2.46. The fourth-order valence-corrected chi connectivity index (χ4v) is 1.42. The van der Waals surface area contributed by atoms with E-state index in [2.05, 4.69) is 5.32 Å². The number of halogens is 2. The number of carbonyl (C=O) groups is 3. The minimum absolute atomic E-state index is 0.178. The Hall–Kier alpha value is -2.71. The number of hydrogen-bond donors (Lipinski definition) is 4. The molecular formula is C12H12F2N2O5. The van der Waals surface area contributed by atoms with Crippen molar-refractivity contribution in [1.29, 1.82) is 0 Å². The van der Waals surface area contributed by atoms with Crippen LogP contribution < -0.4 is 10.6 Å². The summed E-state index contributed by atoms with van der Waals surface area (Å²) in [5.41, 5.74) is 0.258. The lowest BCUT2D eigenvalue weighted by atomic mass is 10.2. The molecule has 4 N–H and O–H groups in total. The second-order valence-electron chi connectivity index (χ2n) is 4.06. The van der Waals surface area contributed by atoms with E-state index in [0.29, 0.717) is 0 Å². The molecule has 0 aromatic heterocycles. The van der Waals surface area contributed by atoms with Gasteiger partial charge in [0, 0.05) is 6.54 Å². The molecule has 1 aromatic rings. The Bertz CT molecular complexity index is 565. The maximum Gasteiger partial charge on any atom is 0.326 e. The van der Waals surface area contributed by atoms with Crippen LogP contribution in [-0.4, -0.2) is 34.2 Å². The third-order valence-corrected chi connectivity index (χ3v) is 2.42. The van der Waals surface area contributed by atoms with Crippen molar-refractivity contribution in [3.8, 4) is 0 Å². The zero-order valence-electron chi connectivity index (χ0n) is 10.6. The highest BCUT2D eigenvalue weighted by molar-refractivity contribution is 5.86. The van der Waals surface area contributed by atoms with Crippen LogP contribution in [0, 0.1) is 11.6 Å². The van der Waals surface area contributed by atoms with E-state index in [-0.39, 0.29) is 12.1 Å². The van der Waals surface area contributed by atoms with E-state index in [1.807, 2.05) is 5.32 Å². The normalized spacial score (nSPS) is 11.5. The molecule has 114 valence electrons. The first kappa shape index (κ1) is 16.3. The predicted molar refractivity (Wildman–Crippen MR) is 65.4 cm³/mol. The van der Waals surface area contributed by atoms with Crippen LogP contribution in [0.5, 0.6) is 0 Å². The maximum atomic E-state index is 12.9. The SMILES string of the molecule is O=C(O)C[C@@H](NC(=O)NCc1ccc(F)c(F)c1)C(=O)O. The standard InChI is InChI=1S/C12H12F2N2O5/c13-7-2-1-6(3-8(7)14)5-15-12(21)16-9(11(19)20)4-10(17)18/h1-3,9H,4-5H2,(H,17,18)(H,19,20)(H2,15,16,21)/t9-/m1/s1. The minimum atomic E-state index is -1.59. The van der Waals surface area contributed by atoms with Gasteiger partial charge >= 0.3 is 18.0 Å². The lowest BCUT2D eigenvalue weighted by molar-refractivity contribution is -0.145. The smallest absolute Gasteiger partial charge is 0.326 e. The van der Waals surface area contributed by atoms with Crippen molar-refractivity contribution in [3.63, 3.8) is 0 Å². The van der Waals surface area contributed by atoms with E-state index in [1.54, 1.807) is 0 Å². The summed E-state index contributed by atoms with van der Waals surface area (Å²) in [4.78, 5) is 32.6. The molecule has 0 radical (unpaired) electrons. The number of hydrogen-bond acceptors (Lipinski definition) is 3. The van der Waals surface area contributed by atoms with Crippen molar-refractivity contribution >= 4 is 18.0 Å². The second kappa shape index (κ2) is 7.17. The van der Waals surface area contributed by atoms with Gasteiger partial charge in [0.25, 0.3) is 0 Å². The molecule has 0 fully saturated rings. The zero-order valence-corrected chi connectivity index (χ0v) is 10.6. The van der Waals surface area contributed by atoms with Gasteiger partial charge in [-0.2, -0.15) is 0 Å². The van der Waals surface area contributed by atoms with Crippen LogP contribution in [0.4, 0.5) is 13.6 Å². The molecule has 0 heterocycles. The van der Waals surface area contributed by atoms with Crippen LogP contribution in [0.25, 0.3) is 0 Å². The highest BCUT2D eigenvalue weighted by atomic mass is 19.2. The number of urea groups is 1. The van der Waals surface area contributed by atoms with Crippen molar-refractivity contribution in [1.82, 2.24) is 10.6 Å². The van der Waals surface area contributed by atoms with Crippen LogP contribution in [0.2, 0.25) is 0 Å². The molecule has 0 saturated carbocycles. The molecule has 0 aliphatic rings. The van der Waals surface area contributed by atoms with E-state index in [0.717, 1.165) is 12.1 Å². The van der Waals surface area contributed by atoms with Gasteiger partial charge in [0.05, 0.1) is 6.42 Å². The van der Waals surface area contributed by atoms with Gasteiger partial charge in [-0.1, -0.05) is 6.07 Å². The summed E-state index contributed by atoms with van der Waals surface area (Å²) in [6.45, 7) is -0.178. The average molecular weight is 302 g/mol. The van der Waals surface area contributed by atoms with E-state index >= 15 is 0 Å². The van der Waals surface area contributed by atoms with Gasteiger partial charge in [0.15, 0.2) is 11.6 Å². The highest BCUT2D eigenvalue weighted by Gasteiger charge is 2.22. The van der Waals surface area contributed by atoms with Crippen molar-refractivity contribution < 1.29 is 33.4 Å². The Morgan fingerprint density at radius 2 is 1.81 bits per heavy atom. The van der Waals surface area contributed by atoms with Crippen molar-refractivity contribution in [2.24, 2.45) is 0 Å². The van der Waals surface area contributed by atoms with Gasteiger partial charge in [0.2, 0.25) is 0 Å². The van der Waals surface area contributed by atoms with Crippen LogP contribution in [0.1, 0.15) is 12.0 Å². The topological polar surface area (TPSA) is 116 Å². The van der Waals surface area contributed by atoms with Gasteiger partial charge in [-0.15, -0.1) is 0 Å². The highest BCUT2D eigenvalue weighted by Crippen LogP contribution is 2.08. The largest absolute Gasteiger partial charge is 0.481 e. The monoisotopic (exact) mass is 302 g/mol. The van der Waals surface area contributed by atoms with E-state index in [1.165, 1.54) is 6.07 Å². The Labute approximate surface area is 117 Å². The Morgan fingerprint density at radius 3 is 2.33 bits per heavy atom. The molecule has 2 amide bonds. The molecule has 9 heteroatoms. The van der Waals surface area contributed by atoms with Gasteiger partial charge < -0.3 is 20.8 Å². The molecular weight excluding hydrogens is 290 g/mol. The summed E-state index contributed by atoms with van der Waals surface area (Å²) < 4.78 is 25.6. The maximum absolute atomic E-state index is 12.9. The molecule has 0 saturated heterocycles. The lowest BCUT2D eigenvalue weighted by Gasteiger charge is -2.13. The van der Waals surface area contributed by atoms with Gasteiger partial charge in [0.1, 0.15) is 6.04 Å². The molecule has 0 bridgehead atoms. The predicted octanol–water partition coefficient (Wildman–Crippen LogP) is 0.692. The number of aliphatic carboxylic acids is 2. The Balaban J connectivity index is 2.54. The molecule has 0 aliphatic heterocycles. The average Bonchev–Trinajstić information content (AvgIpc) is 2.38. The summed E-state index contributed by atoms with van der Waals surface area (Å²) in [5, 5.41) is 21.4. The minimum Gasteiger partial charge on any atom is -0.481 e. The number of nitrogens with one attached hydrogen (secondary N) is 2. The summed E-state index contributed by atoms with van der Waals surface area (Å²) in [7, 11) is 0. The van der Waals surface area contributed by atoms with Gasteiger partial charge in [-0.05, 0) is 17.7 Å². The fraction of sp³-hybridized carbons (Fsp3) is 0.250. The van der Waals surface area contributed by atoms with Crippen molar-refractivity contribution in [2.45, 2.75) is 19.0 Å². The van der Waals surface area contributed by atoms with Gasteiger partial charge in [-0.3, -0.25) is 4.79 Å². The first-order valence-electron chi connectivity index (χ1n) is 5.72. The Kier molecular flexibility index (Phi) is 5.58. The molecule has 1 atom stereocenters. The quantitative estimate of drug-likeness (QED) is 0.617. The van der Waals surface area contributed by atoms with Crippen LogP contribution in [0.15, 0.2) is 18.2 Å². The van der Waals surface area contributed by atoms with Crippen LogP contribution in [-0.2, 0) is 16.1 Å². The van der Waals surface area contributed by atoms with Crippen LogP contribution in [0.3, 0.4) is 0 Å². The summed E-state index contributed by atoms with van der Waals surface area (Å²) >= 11 is 0. The number of carboxylic acid groups (broad SMARTS) is 2. The number of carbonyl (C=O) groups excluding carboxylic acids is 1. The number of amides is 2. The first-order chi connectivity index (χ1) is 9.79. The van der Waals surface area contributed by atoms with E-state index in [9.17, 15) is 23.2 Å². The molecule has 7 nitrogen and oxygen atoms in total. The number of benzene rings is 1. The van der Waals surface area contributed by atoms with E-state index in [4.69, 9.17) is 10.2 Å². The molecule has 1 rings (SSSR count). The zero-order chi connectivity index (χ0) is 16.0. The van der Waals surface area contributed by atoms with Gasteiger partial charge in [-0.25, -0.2) is 18.4 Å². The number of rotatable bonds is 6. The molecule has 0 spiro atoms. The third kappa shape index (κ3) is 5.43. The molecule has 21 heavy (non-hydrogen) atoms.